The molecule has 0 atom stereocenters. The summed E-state index contributed by atoms with van der Waals surface area (Å²) in [6.45, 7) is -0.416. The van der Waals surface area contributed by atoms with E-state index in [-0.39, 0.29) is 0 Å². The number of esters is 1. The smallest absolute Gasteiger partial charge is 0.331 e. The van der Waals surface area contributed by atoms with Crippen LogP contribution in [0.1, 0.15) is 5.56 Å². The molecule has 0 saturated carbocycles. The molecule has 27 heavy (non-hydrogen) atoms. The van der Waals surface area contributed by atoms with Crippen molar-refractivity contribution in [1.82, 2.24) is 0 Å². The average Bonchev–Trinajstić information content (AvgIpc) is 2.71. The fourth-order valence-electron chi connectivity index (χ4n) is 2.15. The molecule has 0 aliphatic carbocycles. The molecule has 0 bridgehead atoms. The van der Waals surface area contributed by atoms with E-state index in [2.05, 4.69) is 5.32 Å². The summed E-state index contributed by atoms with van der Waals surface area (Å²) in [4.78, 5) is 23.7. The Balaban J connectivity index is 1.85. The van der Waals surface area contributed by atoms with Crippen LogP contribution in [-0.2, 0) is 14.3 Å². The molecule has 2 rings (SSSR count). The molecule has 0 spiro atoms. The second-order valence-corrected chi connectivity index (χ2v) is 5.33. The van der Waals surface area contributed by atoms with Crippen LogP contribution in [0.3, 0.4) is 0 Å². The first-order chi connectivity index (χ1) is 13.0. The van der Waals surface area contributed by atoms with Gasteiger partial charge in [-0.15, -0.1) is 0 Å². The number of hydrogen-bond donors (Lipinski definition) is 1. The number of ether oxygens (including phenoxy) is 4. The monoisotopic (exact) mass is 371 g/mol. The second-order valence-electron chi connectivity index (χ2n) is 5.33. The van der Waals surface area contributed by atoms with Crippen molar-refractivity contribution in [1.29, 1.82) is 0 Å². The van der Waals surface area contributed by atoms with Crippen molar-refractivity contribution >= 4 is 23.6 Å². The largest absolute Gasteiger partial charge is 0.497 e. The lowest BCUT2D eigenvalue weighted by molar-refractivity contribution is -0.142. The van der Waals surface area contributed by atoms with Gasteiger partial charge in [-0.25, -0.2) is 4.79 Å². The number of amides is 1. The van der Waals surface area contributed by atoms with Gasteiger partial charge in [0.05, 0.1) is 27.0 Å². The van der Waals surface area contributed by atoms with Gasteiger partial charge in [0, 0.05) is 12.1 Å². The quantitative estimate of drug-likeness (QED) is 0.567. The van der Waals surface area contributed by atoms with E-state index in [1.165, 1.54) is 20.3 Å². The molecule has 142 valence electrons. The van der Waals surface area contributed by atoms with Gasteiger partial charge in [0.2, 0.25) is 0 Å². The molecule has 0 fully saturated rings. The third kappa shape index (κ3) is 6.07. The minimum atomic E-state index is -0.623. The molecule has 0 heterocycles. The van der Waals surface area contributed by atoms with E-state index in [0.717, 1.165) is 11.3 Å². The van der Waals surface area contributed by atoms with Crippen LogP contribution in [0.25, 0.3) is 6.08 Å². The van der Waals surface area contributed by atoms with Gasteiger partial charge in [-0.3, -0.25) is 4.79 Å². The fraction of sp³-hybridized carbons (Fsp3) is 0.200. The van der Waals surface area contributed by atoms with Crippen LogP contribution in [0.2, 0.25) is 0 Å². The van der Waals surface area contributed by atoms with Crippen LogP contribution in [-0.4, -0.2) is 39.8 Å². The Hall–Kier alpha value is -3.48. The fourth-order valence-corrected chi connectivity index (χ4v) is 2.15. The first kappa shape index (κ1) is 19.8. The Morgan fingerprint density at radius 2 is 1.59 bits per heavy atom. The third-order valence-electron chi connectivity index (χ3n) is 3.56. The second kappa shape index (κ2) is 9.86. The number of benzene rings is 2. The molecule has 1 amide bonds. The summed E-state index contributed by atoms with van der Waals surface area (Å²) in [5.41, 5.74) is 1.26. The first-order valence-corrected chi connectivity index (χ1v) is 8.06. The van der Waals surface area contributed by atoms with Crippen LogP contribution in [0.4, 0.5) is 5.69 Å². The molecule has 0 aromatic heterocycles. The molecule has 1 N–H and O–H groups in total. The highest BCUT2D eigenvalue weighted by Crippen LogP contribution is 2.28. The lowest BCUT2D eigenvalue weighted by atomic mass is 10.2. The zero-order chi connectivity index (χ0) is 19.6. The number of rotatable bonds is 8. The van der Waals surface area contributed by atoms with Gasteiger partial charge in [-0.2, -0.15) is 0 Å². The molecule has 0 radical (unpaired) electrons. The summed E-state index contributed by atoms with van der Waals surface area (Å²) in [6, 6.07) is 12.1. The molecule has 2 aromatic rings. The number of carbonyl (C=O) groups excluding carboxylic acids is 2. The van der Waals surface area contributed by atoms with Crippen LogP contribution in [0, 0.1) is 0 Å². The molecule has 2 aromatic carbocycles. The van der Waals surface area contributed by atoms with Gasteiger partial charge in [-0.05, 0) is 35.9 Å². The Morgan fingerprint density at radius 3 is 2.22 bits per heavy atom. The van der Waals surface area contributed by atoms with E-state index in [1.807, 2.05) is 0 Å². The number of carbonyl (C=O) groups is 2. The molecule has 0 aliphatic rings. The van der Waals surface area contributed by atoms with Crippen molar-refractivity contribution in [2.45, 2.75) is 0 Å². The standard InChI is InChI=1S/C20H21NO6/c1-24-15-7-4-14(5-8-15)6-11-20(23)27-13-19(22)21-17-10-9-16(25-2)12-18(17)26-3/h4-12H,13H2,1-3H3,(H,21,22)/b11-6+. The normalized spacial score (nSPS) is 10.3. The summed E-state index contributed by atoms with van der Waals surface area (Å²) in [5.74, 6) is 0.654. The van der Waals surface area contributed by atoms with Crippen LogP contribution in [0.15, 0.2) is 48.5 Å². The van der Waals surface area contributed by atoms with Gasteiger partial charge in [0.25, 0.3) is 5.91 Å². The maximum absolute atomic E-state index is 12.0. The highest BCUT2D eigenvalue weighted by Gasteiger charge is 2.10. The maximum atomic E-state index is 12.0. The summed E-state index contributed by atoms with van der Waals surface area (Å²) in [7, 11) is 4.59. The molecule has 7 heteroatoms. The third-order valence-corrected chi connectivity index (χ3v) is 3.56. The lowest BCUT2D eigenvalue weighted by Crippen LogP contribution is -2.20. The van der Waals surface area contributed by atoms with Crippen molar-refractivity contribution in [3.8, 4) is 17.2 Å². The van der Waals surface area contributed by atoms with Gasteiger partial charge < -0.3 is 24.3 Å². The van der Waals surface area contributed by atoms with Crippen molar-refractivity contribution < 1.29 is 28.5 Å². The van der Waals surface area contributed by atoms with E-state index >= 15 is 0 Å². The summed E-state index contributed by atoms with van der Waals surface area (Å²) < 4.78 is 20.3. The summed E-state index contributed by atoms with van der Waals surface area (Å²) >= 11 is 0. The topological polar surface area (TPSA) is 83.1 Å². The molecule has 0 aliphatic heterocycles. The SMILES string of the molecule is COc1ccc(/C=C/C(=O)OCC(=O)Nc2ccc(OC)cc2OC)cc1. The summed E-state index contributed by atoms with van der Waals surface area (Å²) in [6.07, 6.45) is 2.84. The minimum absolute atomic E-state index is 0.416. The molecule has 0 saturated heterocycles. The number of anilines is 1. The van der Waals surface area contributed by atoms with E-state index in [4.69, 9.17) is 18.9 Å². The highest BCUT2D eigenvalue weighted by atomic mass is 16.5. The van der Waals surface area contributed by atoms with Crippen molar-refractivity contribution in [3.63, 3.8) is 0 Å². The molecule has 0 unspecified atom stereocenters. The highest BCUT2D eigenvalue weighted by molar-refractivity contribution is 5.95. The van der Waals surface area contributed by atoms with Crippen LogP contribution in [0.5, 0.6) is 17.2 Å². The van der Waals surface area contributed by atoms with E-state index < -0.39 is 18.5 Å². The molecular formula is C20H21NO6. The van der Waals surface area contributed by atoms with Crippen molar-refractivity contribution in [2.75, 3.05) is 33.3 Å². The van der Waals surface area contributed by atoms with E-state index in [1.54, 1.807) is 55.7 Å². The van der Waals surface area contributed by atoms with Gasteiger partial charge in [0.1, 0.15) is 17.2 Å². The zero-order valence-corrected chi connectivity index (χ0v) is 15.4. The minimum Gasteiger partial charge on any atom is -0.497 e. The Kier molecular flexibility index (Phi) is 7.25. The summed E-state index contributed by atoms with van der Waals surface area (Å²) in [5, 5.41) is 2.62. The molecular weight excluding hydrogens is 350 g/mol. The van der Waals surface area contributed by atoms with Gasteiger partial charge in [0.15, 0.2) is 6.61 Å². The lowest BCUT2D eigenvalue weighted by Gasteiger charge is -2.11. The van der Waals surface area contributed by atoms with Crippen molar-refractivity contribution in [2.24, 2.45) is 0 Å². The predicted molar refractivity (Wildman–Crippen MR) is 101 cm³/mol. The first-order valence-electron chi connectivity index (χ1n) is 8.06. The van der Waals surface area contributed by atoms with E-state index in [0.29, 0.717) is 17.2 Å². The van der Waals surface area contributed by atoms with Gasteiger partial charge >= 0.3 is 5.97 Å². The zero-order valence-electron chi connectivity index (χ0n) is 15.4. The maximum Gasteiger partial charge on any atom is 0.331 e. The number of methoxy groups -OCH3 is 3. The van der Waals surface area contributed by atoms with Crippen LogP contribution >= 0.6 is 0 Å². The Bertz CT molecular complexity index is 814. The predicted octanol–water partition coefficient (Wildman–Crippen LogP) is 2.91. The number of nitrogens with one attached hydrogen (secondary N) is 1. The Labute approximate surface area is 157 Å². The van der Waals surface area contributed by atoms with E-state index in [9.17, 15) is 9.59 Å². The van der Waals surface area contributed by atoms with Crippen LogP contribution < -0.4 is 19.5 Å². The number of hydrogen-bond acceptors (Lipinski definition) is 6. The van der Waals surface area contributed by atoms with Crippen molar-refractivity contribution in [3.05, 3.63) is 54.1 Å². The Morgan fingerprint density at radius 1 is 0.926 bits per heavy atom. The molecule has 7 nitrogen and oxygen atoms in total. The average molecular weight is 371 g/mol. The van der Waals surface area contributed by atoms with Gasteiger partial charge in [-0.1, -0.05) is 12.1 Å².